The lowest BCUT2D eigenvalue weighted by atomic mass is 10.1. The molecule has 0 heterocycles. The van der Waals surface area contributed by atoms with Crippen molar-refractivity contribution in [3.8, 4) is 0 Å². The van der Waals surface area contributed by atoms with Crippen LogP contribution in [-0.2, 0) is 26.2 Å². The minimum atomic E-state index is -3.83. The van der Waals surface area contributed by atoms with Gasteiger partial charge in [-0.2, -0.15) is 0 Å². The first-order chi connectivity index (χ1) is 17.0. The molecule has 0 aliphatic heterocycles. The van der Waals surface area contributed by atoms with Gasteiger partial charge < -0.3 is 10.2 Å². The number of carbonyl (C=O) groups is 2. The Balaban J connectivity index is 1.94. The third kappa shape index (κ3) is 7.37. The van der Waals surface area contributed by atoms with E-state index in [0.717, 1.165) is 41.8 Å². The van der Waals surface area contributed by atoms with E-state index in [0.29, 0.717) is 27.7 Å². The second-order valence-electron chi connectivity index (χ2n) is 9.26. The predicted molar refractivity (Wildman–Crippen MR) is 145 cm³/mol. The number of rotatable bonds is 10. The summed E-state index contributed by atoms with van der Waals surface area (Å²) in [5, 5.41) is 4.00. The van der Waals surface area contributed by atoms with Gasteiger partial charge in [0.15, 0.2) is 0 Å². The van der Waals surface area contributed by atoms with Gasteiger partial charge in [0.05, 0.1) is 11.9 Å². The zero-order valence-electron chi connectivity index (χ0n) is 20.8. The minimum absolute atomic E-state index is 0.0978. The number of sulfonamides is 1. The lowest BCUT2D eigenvalue weighted by molar-refractivity contribution is -0.140. The molecule has 2 amide bonds. The number of nitrogens with one attached hydrogen (secondary N) is 1. The van der Waals surface area contributed by atoms with Gasteiger partial charge in [0.25, 0.3) is 0 Å². The molecule has 0 spiro atoms. The molecule has 7 nitrogen and oxygen atoms in total. The van der Waals surface area contributed by atoms with E-state index < -0.39 is 28.5 Å². The van der Waals surface area contributed by atoms with Gasteiger partial charge in [0.2, 0.25) is 21.8 Å². The van der Waals surface area contributed by atoms with Crippen molar-refractivity contribution in [1.82, 2.24) is 10.2 Å². The highest BCUT2D eigenvalue weighted by Crippen LogP contribution is 2.27. The highest BCUT2D eigenvalue weighted by molar-refractivity contribution is 7.92. The zero-order chi connectivity index (χ0) is 26.5. The number of benzene rings is 2. The molecule has 0 radical (unpaired) electrons. The molecule has 0 unspecified atom stereocenters. The van der Waals surface area contributed by atoms with Gasteiger partial charge in [0.1, 0.15) is 12.6 Å². The van der Waals surface area contributed by atoms with E-state index in [9.17, 15) is 18.0 Å². The summed E-state index contributed by atoms with van der Waals surface area (Å²) in [6.07, 6.45) is 5.41. The Morgan fingerprint density at radius 2 is 1.67 bits per heavy atom. The Labute approximate surface area is 223 Å². The third-order valence-electron chi connectivity index (χ3n) is 6.47. The van der Waals surface area contributed by atoms with E-state index in [4.69, 9.17) is 23.2 Å². The van der Waals surface area contributed by atoms with E-state index in [2.05, 4.69) is 5.32 Å². The lowest BCUT2D eigenvalue weighted by Crippen LogP contribution is -2.53. The number of carbonyl (C=O) groups excluding carboxylic acids is 2. The molecule has 1 N–H and O–H groups in total. The van der Waals surface area contributed by atoms with Crippen molar-refractivity contribution in [2.24, 2.45) is 0 Å². The molecular formula is C26H33Cl2N3O4S. The Hall–Kier alpha value is -2.29. The summed E-state index contributed by atoms with van der Waals surface area (Å²) in [6, 6.07) is 11.3. The third-order valence-corrected chi connectivity index (χ3v) is 8.09. The molecule has 1 saturated carbocycles. The topological polar surface area (TPSA) is 86.8 Å². The molecule has 36 heavy (non-hydrogen) atoms. The van der Waals surface area contributed by atoms with Gasteiger partial charge in [-0.15, -0.1) is 0 Å². The van der Waals surface area contributed by atoms with Crippen molar-refractivity contribution in [3.63, 3.8) is 0 Å². The van der Waals surface area contributed by atoms with Crippen LogP contribution in [0.2, 0.25) is 10.0 Å². The zero-order valence-corrected chi connectivity index (χ0v) is 23.2. The Kier molecular flexibility index (Phi) is 9.66. The first-order valence-corrected chi connectivity index (χ1v) is 14.7. The molecule has 0 saturated heterocycles. The van der Waals surface area contributed by atoms with Gasteiger partial charge in [-0.1, -0.05) is 61.2 Å². The molecule has 2 aromatic rings. The smallest absolute Gasteiger partial charge is 0.244 e. The van der Waals surface area contributed by atoms with Crippen molar-refractivity contribution in [2.75, 3.05) is 17.1 Å². The SMILES string of the molecule is CC[C@H](C(=O)NC1CCCC1)N(Cc1ccc(Cl)cc1)C(=O)CN(c1cc(Cl)ccc1C)S(C)(=O)=O. The monoisotopic (exact) mass is 553 g/mol. The summed E-state index contributed by atoms with van der Waals surface area (Å²) < 4.78 is 26.6. The fourth-order valence-electron chi connectivity index (χ4n) is 4.52. The highest BCUT2D eigenvalue weighted by Gasteiger charge is 2.33. The fourth-order valence-corrected chi connectivity index (χ4v) is 5.71. The largest absolute Gasteiger partial charge is 0.352 e. The van der Waals surface area contributed by atoms with Crippen LogP contribution in [0.1, 0.15) is 50.2 Å². The average molecular weight is 555 g/mol. The Morgan fingerprint density at radius 1 is 1.06 bits per heavy atom. The van der Waals surface area contributed by atoms with Crippen LogP contribution in [0.15, 0.2) is 42.5 Å². The average Bonchev–Trinajstić information content (AvgIpc) is 3.32. The van der Waals surface area contributed by atoms with Crippen LogP contribution >= 0.6 is 23.2 Å². The summed E-state index contributed by atoms with van der Waals surface area (Å²) in [7, 11) is -3.83. The molecule has 1 atom stereocenters. The van der Waals surface area contributed by atoms with E-state index in [1.807, 2.05) is 6.92 Å². The minimum Gasteiger partial charge on any atom is -0.352 e. The summed E-state index contributed by atoms with van der Waals surface area (Å²) >= 11 is 12.2. The number of hydrogen-bond acceptors (Lipinski definition) is 4. The molecule has 196 valence electrons. The second-order valence-corrected chi connectivity index (χ2v) is 12.0. The second kappa shape index (κ2) is 12.3. The van der Waals surface area contributed by atoms with Crippen molar-refractivity contribution >= 4 is 50.7 Å². The molecule has 1 fully saturated rings. The summed E-state index contributed by atoms with van der Waals surface area (Å²) in [5.74, 6) is -0.709. The number of nitrogens with zero attached hydrogens (tertiary/aromatic N) is 2. The number of aryl methyl sites for hydroxylation is 1. The molecular weight excluding hydrogens is 521 g/mol. The number of hydrogen-bond donors (Lipinski definition) is 1. The quantitative estimate of drug-likeness (QED) is 0.451. The van der Waals surface area contributed by atoms with Gasteiger partial charge in [-0.3, -0.25) is 13.9 Å². The van der Waals surface area contributed by atoms with Crippen LogP contribution in [0.5, 0.6) is 0 Å². The van der Waals surface area contributed by atoms with E-state index in [-0.39, 0.29) is 18.5 Å². The first-order valence-electron chi connectivity index (χ1n) is 12.1. The van der Waals surface area contributed by atoms with Crippen molar-refractivity contribution in [3.05, 3.63) is 63.6 Å². The predicted octanol–water partition coefficient (Wildman–Crippen LogP) is 4.93. The molecule has 0 aromatic heterocycles. The summed E-state index contributed by atoms with van der Waals surface area (Å²) in [4.78, 5) is 28.5. The van der Waals surface area contributed by atoms with Gasteiger partial charge >= 0.3 is 0 Å². The van der Waals surface area contributed by atoms with Gasteiger partial charge in [-0.25, -0.2) is 8.42 Å². The maximum absolute atomic E-state index is 13.8. The first kappa shape index (κ1) is 28.3. The molecule has 1 aliphatic rings. The highest BCUT2D eigenvalue weighted by atomic mass is 35.5. The van der Waals surface area contributed by atoms with Gasteiger partial charge in [-0.05, 0) is 61.6 Å². The Morgan fingerprint density at radius 3 is 2.25 bits per heavy atom. The van der Waals surface area contributed by atoms with Crippen LogP contribution in [0.3, 0.4) is 0 Å². The summed E-state index contributed by atoms with van der Waals surface area (Å²) in [5.41, 5.74) is 1.77. The molecule has 1 aliphatic carbocycles. The van der Waals surface area contributed by atoms with Crippen molar-refractivity contribution in [1.29, 1.82) is 0 Å². The number of halogens is 2. The van der Waals surface area contributed by atoms with Crippen LogP contribution in [0, 0.1) is 6.92 Å². The molecule has 0 bridgehead atoms. The maximum Gasteiger partial charge on any atom is 0.244 e. The van der Waals surface area contributed by atoms with Crippen molar-refractivity contribution in [2.45, 2.75) is 64.6 Å². The van der Waals surface area contributed by atoms with Crippen LogP contribution in [0.25, 0.3) is 0 Å². The Bertz CT molecular complexity index is 1180. The standard InChI is InChI=1S/C26H33Cl2N3O4S/c1-4-23(26(33)29-22-7-5-6-8-22)30(16-19-10-13-20(27)14-11-19)25(32)17-31(36(3,34)35)24-15-21(28)12-9-18(24)2/h9-15,22-23H,4-8,16-17H2,1-3H3,(H,29,33)/t23-/m1/s1. The number of amides is 2. The van der Waals surface area contributed by atoms with E-state index in [1.54, 1.807) is 43.3 Å². The van der Waals surface area contributed by atoms with Crippen LogP contribution < -0.4 is 9.62 Å². The molecule has 3 rings (SSSR count). The van der Waals surface area contributed by atoms with E-state index in [1.165, 1.54) is 11.0 Å². The lowest BCUT2D eigenvalue weighted by Gasteiger charge is -2.33. The number of anilines is 1. The maximum atomic E-state index is 13.8. The van der Waals surface area contributed by atoms with Gasteiger partial charge in [0, 0.05) is 22.6 Å². The van der Waals surface area contributed by atoms with Crippen LogP contribution in [-0.4, -0.2) is 50.0 Å². The van der Waals surface area contributed by atoms with Crippen molar-refractivity contribution < 1.29 is 18.0 Å². The van der Waals surface area contributed by atoms with E-state index >= 15 is 0 Å². The molecule has 10 heteroatoms. The molecule has 2 aromatic carbocycles. The fraction of sp³-hybridized carbons (Fsp3) is 0.462. The normalized spacial score (nSPS) is 14.9. The van der Waals surface area contributed by atoms with Crippen LogP contribution in [0.4, 0.5) is 5.69 Å². The summed E-state index contributed by atoms with van der Waals surface area (Å²) in [6.45, 7) is 3.28.